The third kappa shape index (κ3) is 2.86. The van der Waals surface area contributed by atoms with Crippen molar-refractivity contribution >= 4 is 28.5 Å². The summed E-state index contributed by atoms with van der Waals surface area (Å²) in [5.41, 5.74) is 3.35. The summed E-state index contributed by atoms with van der Waals surface area (Å²) in [4.78, 5) is 33.5. The lowest BCUT2D eigenvalue weighted by Crippen LogP contribution is -2.53. The zero-order valence-corrected chi connectivity index (χ0v) is 14.1. The highest BCUT2D eigenvalue weighted by atomic mass is 16.2. The van der Waals surface area contributed by atoms with Gasteiger partial charge in [-0.25, -0.2) is 4.98 Å². The Hall–Kier alpha value is -3.41. The lowest BCUT2D eigenvalue weighted by Gasteiger charge is -2.37. The molecule has 1 aliphatic rings. The van der Waals surface area contributed by atoms with Crippen LogP contribution in [0.15, 0.2) is 61.2 Å². The van der Waals surface area contributed by atoms with Crippen LogP contribution in [0.4, 0.5) is 5.69 Å². The van der Waals surface area contributed by atoms with E-state index in [1.54, 1.807) is 4.90 Å². The normalized spacial score (nSPS) is 14.1. The number of carbonyl (C=O) groups excluding carboxylic acids is 2. The molecule has 0 saturated carbocycles. The zero-order chi connectivity index (χ0) is 18.1. The fraction of sp³-hybridized carbons (Fsp3) is 0.150. The Labute approximate surface area is 150 Å². The second-order valence-corrected chi connectivity index (χ2v) is 6.28. The molecule has 26 heavy (non-hydrogen) atoms. The molecule has 2 amide bonds. The first kappa shape index (κ1) is 16.1. The van der Waals surface area contributed by atoms with Crippen LogP contribution in [0.25, 0.3) is 22.4 Å². The average molecular weight is 346 g/mol. The molecule has 6 heteroatoms. The number of carbonyl (C=O) groups is 2. The Bertz CT molecular complexity index is 969. The van der Waals surface area contributed by atoms with Gasteiger partial charge in [0.2, 0.25) is 11.8 Å². The lowest BCUT2D eigenvalue weighted by atomic mass is 9.98. The van der Waals surface area contributed by atoms with E-state index in [-0.39, 0.29) is 17.7 Å². The zero-order valence-electron chi connectivity index (χ0n) is 14.1. The van der Waals surface area contributed by atoms with Crippen LogP contribution < -0.4 is 5.32 Å². The van der Waals surface area contributed by atoms with Gasteiger partial charge in [-0.3, -0.25) is 9.59 Å². The number of hydrogen-bond donors (Lipinski definition) is 2. The van der Waals surface area contributed by atoms with Crippen LogP contribution in [0.1, 0.15) is 0 Å². The van der Waals surface area contributed by atoms with Crippen LogP contribution in [0, 0.1) is 5.92 Å². The van der Waals surface area contributed by atoms with Crippen LogP contribution >= 0.6 is 0 Å². The maximum Gasteiger partial charge on any atom is 0.246 e. The smallest absolute Gasteiger partial charge is 0.246 e. The molecule has 1 saturated heterocycles. The van der Waals surface area contributed by atoms with Gasteiger partial charge in [0, 0.05) is 18.7 Å². The van der Waals surface area contributed by atoms with Crippen LogP contribution in [-0.4, -0.2) is 39.8 Å². The second kappa shape index (κ2) is 6.48. The summed E-state index contributed by atoms with van der Waals surface area (Å²) in [6.45, 7) is 4.30. The number of benzene rings is 2. The van der Waals surface area contributed by atoms with E-state index in [0.717, 1.165) is 16.6 Å². The van der Waals surface area contributed by atoms with E-state index in [4.69, 9.17) is 0 Å². The monoisotopic (exact) mass is 346 g/mol. The summed E-state index contributed by atoms with van der Waals surface area (Å²) in [5, 5.41) is 2.97. The summed E-state index contributed by atoms with van der Waals surface area (Å²) in [7, 11) is 0. The van der Waals surface area contributed by atoms with Gasteiger partial charge < -0.3 is 15.2 Å². The van der Waals surface area contributed by atoms with E-state index in [9.17, 15) is 9.59 Å². The first-order chi connectivity index (χ1) is 12.7. The molecule has 1 fully saturated rings. The summed E-state index contributed by atoms with van der Waals surface area (Å²) in [5.74, 6) is 0.264. The van der Waals surface area contributed by atoms with Gasteiger partial charge in [-0.15, -0.1) is 0 Å². The van der Waals surface area contributed by atoms with Gasteiger partial charge >= 0.3 is 0 Å². The minimum atomic E-state index is -0.206. The molecule has 1 aromatic heterocycles. The number of likely N-dealkylation sites (tertiary alicyclic amines) is 1. The Morgan fingerprint density at radius 3 is 2.65 bits per heavy atom. The predicted octanol–water partition coefficient (Wildman–Crippen LogP) is 2.81. The number of nitrogens with one attached hydrogen (secondary N) is 2. The molecule has 0 radical (unpaired) electrons. The molecule has 0 bridgehead atoms. The maximum absolute atomic E-state index is 12.5. The van der Waals surface area contributed by atoms with E-state index in [1.165, 1.54) is 6.08 Å². The van der Waals surface area contributed by atoms with Crippen LogP contribution in [0.5, 0.6) is 0 Å². The largest absolute Gasteiger partial charge is 0.338 e. The molecule has 0 aliphatic carbocycles. The number of fused-ring (bicyclic) bond motifs is 1. The van der Waals surface area contributed by atoms with Crippen LogP contribution in [0.2, 0.25) is 0 Å². The number of aromatic nitrogens is 2. The van der Waals surface area contributed by atoms with Crippen molar-refractivity contribution in [3.63, 3.8) is 0 Å². The van der Waals surface area contributed by atoms with Gasteiger partial charge in [0.1, 0.15) is 5.82 Å². The number of nitrogens with zero attached hydrogens (tertiary/aromatic N) is 2. The third-order valence-corrected chi connectivity index (χ3v) is 4.57. The summed E-state index contributed by atoms with van der Waals surface area (Å²) in [6.07, 6.45) is 1.27. The van der Waals surface area contributed by atoms with E-state index < -0.39 is 0 Å². The van der Waals surface area contributed by atoms with Crippen molar-refractivity contribution in [2.75, 3.05) is 18.4 Å². The van der Waals surface area contributed by atoms with Crippen LogP contribution in [-0.2, 0) is 9.59 Å². The number of hydrogen-bond acceptors (Lipinski definition) is 3. The Kier molecular flexibility index (Phi) is 4.01. The molecule has 0 unspecified atom stereocenters. The minimum Gasteiger partial charge on any atom is -0.338 e. The number of imidazole rings is 1. The van der Waals surface area contributed by atoms with Gasteiger partial charge in [0.25, 0.3) is 0 Å². The van der Waals surface area contributed by atoms with E-state index in [2.05, 4.69) is 21.9 Å². The van der Waals surface area contributed by atoms with Gasteiger partial charge in [-0.1, -0.05) is 30.8 Å². The fourth-order valence-electron chi connectivity index (χ4n) is 3.07. The molecule has 0 spiro atoms. The highest BCUT2D eigenvalue weighted by Gasteiger charge is 2.34. The quantitative estimate of drug-likeness (QED) is 0.713. The highest BCUT2D eigenvalue weighted by Crippen LogP contribution is 2.28. The molecule has 2 heterocycles. The Morgan fingerprint density at radius 2 is 1.88 bits per heavy atom. The number of amides is 2. The first-order valence-corrected chi connectivity index (χ1v) is 8.42. The second-order valence-electron chi connectivity index (χ2n) is 6.28. The van der Waals surface area contributed by atoms with Gasteiger partial charge in [-0.2, -0.15) is 0 Å². The topological polar surface area (TPSA) is 78.1 Å². The number of para-hydroxylation sites is 3. The van der Waals surface area contributed by atoms with Crippen molar-refractivity contribution in [3.05, 3.63) is 61.2 Å². The molecule has 1 aliphatic heterocycles. The molecular formula is C20H18N4O2. The van der Waals surface area contributed by atoms with Gasteiger partial charge in [-0.05, 0) is 30.3 Å². The van der Waals surface area contributed by atoms with E-state index >= 15 is 0 Å². The summed E-state index contributed by atoms with van der Waals surface area (Å²) < 4.78 is 0. The van der Waals surface area contributed by atoms with Gasteiger partial charge in [0.05, 0.1) is 22.6 Å². The average Bonchev–Trinajstić information content (AvgIpc) is 3.04. The molecular weight excluding hydrogens is 328 g/mol. The summed E-state index contributed by atoms with van der Waals surface area (Å²) >= 11 is 0. The SMILES string of the molecule is C=CC(=O)N1CC(C(=O)Nc2ccccc2-c2nc3ccccc3[nH]2)C1. The molecule has 4 rings (SSSR count). The molecule has 6 nitrogen and oxygen atoms in total. The highest BCUT2D eigenvalue weighted by molar-refractivity contribution is 5.98. The predicted molar refractivity (Wildman–Crippen MR) is 100 cm³/mol. The summed E-state index contributed by atoms with van der Waals surface area (Å²) in [6, 6.07) is 15.3. The van der Waals surface area contributed by atoms with Crippen molar-refractivity contribution in [2.24, 2.45) is 5.92 Å². The minimum absolute atomic E-state index is 0.0957. The Balaban J connectivity index is 1.54. The third-order valence-electron chi connectivity index (χ3n) is 4.57. The molecule has 3 aromatic rings. The van der Waals surface area contributed by atoms with Crippen LogP contribution in [0.3, 0.4) is 0 Å². The van der Waals surface area contributed by atoms with Gasteiger partial charge in [0.15, 0.2) is 0 Å². The molecule has 2 aromatic carbocycles. The molecule has 0 atom stereocenters. The number of aromatic amines is 1. The fourth-order valence-corrected chi connectivity index (χ4v) is 3.07. The van der Waals surface area contributed by atoms with E-state index in [1.807, 2.05) is 48.5 Å². The lowest BCUT2D eigenvalue weighted by molar-refractivity contribution is -0.137. The Morgan fingerprint density at radius 1 is 1.15 bits per heavy atom. The number of anilines is 1. The molecule has 130 valence electrons. The standard InChI is InChI=1S/C20H18N4O2/c1-2-18(25)24-11-13(12-24)20(26)23-15-8-4-3-7-14(15)19-21-16-9-5-6-10-17(16)22-19/h2-10,13H,1,11-12H2,(H,21,22)(H,23,26). The first-order valence-electron chi connectivity index (χ1n) is 8.42. The van der Waals surface area contributed by atoms with Crippen molar-refractivity contribution in [1.29, 1.82) is 0 Å². The number of H-pyrrole nitrogens is 1. The number of rotatable bonds is 4. The van der Waals surface area contributed by atoms with Crippen molar-refractivity contribution in [1.82, 2.24) is 14.9 Å². The van der Waals surface area contributed by atoms with Crippen molar-refractivity contribution < 1.29 is 9.59 Å². The van der Waals surface area contributed by atoms with Crippen molar-refractivity contribution in [3.8, 4) is 11.4 Å². The molecule has 2 N–H and O–H groups in total. The van der Waals surface area contributed by atoms with E-state index in [0.29, 0.717) is 24.6 Å². The van der Waals surface area contributed by atoms with Crippen molar-refractivity contribution in [2.45, 2.75) is 0 Å². The maximum atomic E-state index is 12.5.